The highest BCUT2D eigenvalue weighted by Crippen LogP contribution is 2.35. The summed E-state index contributed by atoms with van der Waals surface area (Å²) in [6.07, 6.45) is -2.59. The van der Waals surface area contributed by atoms with Crippen LogP contribution in [0.25, 0.3) is 0 Å². The Hall–Kier alpha value is -5.22. The molecule has 4 aromatic rings. The van der Waals surface area contributed by atoms with E-state index in [1.165, 1.54) is 6.92 Å². The van der Waals surface area contributed by atoms with Gasteiger partial charge in [-0.3, -0.25) is 9.59 Å². The fourth-order valence-electron chi connectivity index (χ4n) is 6.31. The molecule has 0 aliphatic rings. The van der Waals surface area contributed by atoms with E-state index in [2.05, 4.69) is 27.7 Å². The van der Waals surface area contributed by atoms with Crippen molar-refractivity contribution in [1.29, 1.82) is 0 Å². The molecule has 14 heteroatoms. The van der Waals surface area contributed by atoms with Crippen LogP contribution in [0.2, 0.25) is 0 Å². The quantitative estimate of drug-likeness (QED) is 0.0452. The SMILES string of the molecule is CCC(C)(CO)C(=O)OCC(O)COc1ccc(C(C)(C)c2ccc(OCC(O)COc3ccc(C(C)(C)c4ccc(OCC(O)COC(=O)C(C)(CO)CO)cc4)cc3)cc2)cc1. The molecule has 4 aromatic carbocycles. The first kappa shape index (κ1) is 51.4. The molecule has 0 heterocycles. The molecule has 0 spiro atoms. The minimum atomic E-state index is -1.44. The third-order valence-electron chi connectivity index (χ3n) is 11.7. The number of hydrogen-bond donors (Lipinski definition) is 6. The largest absolute Gasteiger partial charge is 0.491 e. The number of aliphatic hydroxyl groups excluding tert-OH is 6. The first-order valence-corrected chi connectivity index (χ1v) is 21.4. The molecule has 0 saturated heterocycles. The highest BCUT2D eigenvalue weighted by molar-refractivity contribution is 5.77. The van der Waals surface area contributed by atoms with Crippen molar-refractivity contribution in [3.8, 4) is 23.0 Å². The highest BCUT2D eigenvalue weighted by atomic mass is 16.6. The van der Waals surface area contributed by atoms with Crippen LogP contribution in [0.5, 0.6) is 23.0 Å². The number of benzene rings is 4. The first-order valence-electron chi connectivity index (χ1n) is 21.4. The molecule has 350 valence electrons. The lowest BCUT2D eigenvalue weighted by Crippen LogP contribution is -2.39. The highest BCUT2D eigenvalue weighted by Gasteiger charge is 2.35. The summed E-state index contributed by atoms with van der Waals surface area (Å²) in [5, 5.41) is 59.3. The van der Waals surface area contributed by atoms with Crippen molar-refractivity contribution in [3.05, 3.63) is 119 Å². The van der Waals surface area contributed by atoms with Gasteiger partial charge in [-0.25, -0.2) is 0 Å². The molecular weight excluding hydrogens is 825 g/mol. The lowest BCUT2D eigenvalue weighted by Gasteiger charge is -2.27. The van der Waals surface area contributed by atoms with Gasteiger partial charge >= 0.3 is 11.9 Å². The van der Waals surface area contributed by atoms with Gasteiger partial charge in [-0.1, -0.05) is 83.1 Å². The summed E-state index contributed by atoms with van der Waals surface area (Å²) < 4.78 is 33.4. The summed E-state index contributed by atoms with van der Waals surface area (Å²) in [5.74, 6) is 0.921. The zero-order chi connectivity index (χ0) is 47.1. The van der Waals surface area contributed by atoms with Crippen LogP contribution in [-0.4, -0.2) is 120 Å². The van der Waals surface area contributed by atoms with Gasteiger partial charge in [-0.2, -0.15) is 0 Å². The Kier molecular flexibility index (Phi) is 18.6. The van der Waals surface area contributed by atoms with Gasteiger partial charge in [0.25, 0.3) is 0 Å². The number of esters is 2. The molecule has 0 amide bonds. The minimum Gasteiger partial charge on any atom is -0.491 e. The lowest BCUT2D eigenvalue weighted by molar-refractivity contribution is -0.163. The van der Waals surface area contributed by atoms with Crippen molar-refractivity contribution in [2.24, 2.45) is 10.8 Å². The van der Waals surface area contributed by atoms with E-state index in [9.17, 15) is 40.2 Å². The molecule has 64 heavy (non-hydrogen) atoms. The van der Waals surface area contributed by atoms with Crippen molar-refractivity contribution in [2.75, 3.05) is 59.5 Å². The third-order valence-corrected chi connectivity index (χ3v) is 11.7. The van der Waals surface area contributed by atoms with E-state index >= 15 is 0 Å². The maximum Gasteiger partial charge on any atom is 0.316 e. The van der Waals surface area contributed by atoms with E-state index in [1.807, 2.05) is 84.9 Å². The predicted octanol–water partition coefficient (Wildman–Crippen LogP) is 5.12. The maximum absolute atomic E-state index is 12.2. The van der Waals surface area contributed by atoms with Crippen molar-refractivity contribution in [2.45, 2.75) is 84.0 Å². The Morgan fingerprint density at radius 3 is 0.891 bits per heavy atom. The van der Waals surface area contributed by atoms with Gasteiger partial charge in [0.1, 0.15) is 86.4 Å². The summed E-state index contributed by atoms with van der Waals surface area (Å²) in [6.45, 7) is 11.0. The van der Waals surface area contributed by atoms with Gasteiger partial charge in [0.2, 0.25) is 0 Å². The fraction of sp³-hybridized carbons (Fsp3) is 0.480. The number of ether oxygens (including phenoxy) is 6. The molecule has 0 aromatic heterocycles. The number of carbonyl (C=O) groups excluding carboxylic acids is 2. The Balaban J connectivity index is 1.19. The summed E-state index contributed by atoms with van der Waals surface area (Å²) in [6, 6.07) is 30.4. The second-order valence-corrected chi connectivity index (χ2v) is 17.7. The lowest BCUT2D eigenvalue weighted by atomic mass is 9.78. The third kappa shape index (κ3) is 13.9. The van der Waals surface area contributed by atoms with Crippen LogP contribution in [0.4, 0.5) is 0 Å². The van der Waals surface area contributed by atoms with Crippen LogP contribution in [0.3, 0.4) is 0 Å². The number of aliphatic hydroxyl groups is 6. The van der Waals surface area contributed by atoms with Crippen molar-refractivity contribution >= 4 is 11.9 Å². The smallest absolute Gasteiger partial charge is 0.316 e. The topological polar surface area (TPSA) is 211 Å². The van der Waals surface area contributed by atoms with E-state index in [0.717, 1.165) is 22.3 Å². The van der Waals surface area contributed by atoms with Crippen LogP contribution >= 0.6 is 0 Å². The maximum atomic E-state index is 12.2. The molecular formula is C50H66O14. The molecule has 0 aliphatic heterocycles. The average Bonchev–Trinajstić information content (AvgIpc) is 3.32. The minimum absolute atomic E-state index is 0.0341. The van der Waals surface area contributed by atoms with Crippen molar-refractivity contribution in [3.63, 3.8) is 0 Å². The number of hydrogen-bond acceptors (Lipinski definition) is 14. The molecule has 0 saturated carbocycles. The van der Waals surface area contributed by atoms with E-state index in [4.69, 9.17) is 28.4 Å². The van der Waals surface area contributed by atoms with Crippen LogP contribution in [-0.2, 0) is 29.9 Å². The normalized spacial score (nSPS) is 14.4. The fourth-order valence-corrected chi connectivity index (χ4v) is 6.31. The molecule has 14 nitrogen and oxygen atoms in total. The molecule has 6 N–H and O–H groups in total. The van der Waals surface area contributed by atoms with E-state index < -0.39 is 54.3 Å². The number of carbonyl (C=O) groups is 2. The summed E-state index contributed by atoms with van der Waals surface area (Å²) in [4.78, 5) is 24.3. The predicted molar refractivity (Wildman–Crippen MR) is 240 cm³/mol. The molecule has 0 bridgehead atoms. The monoisotopic (exact) mass is 890 g/mol. The molecule has 4 atom stereocenters. The summed E-state index contributed by atoms with van der Waals surface area (Å²) in [5.41, 5.74) is 0.969. The van der Waals surface area contributed by atoms with E-state index in [1.54, 1.807) is 26.0 Å². The van der Waals surface area contributed by atoms with E-state index in [0.29, 0.717) is 29.4 Å². The second kappa shape index (κ2) is 23.1. The van der Waals surface area contributed by atoms with Crippen molar-refractivity contribution in [1.82, 2.24) is 0 Å². The zero-order valence-corrected chi connectivity index (χ0v) is 38.0. The Morgan fingerprint density at radius 1 is 0.422 bits per heavy atom. The molecule has 4 rings (SSSR count). The first-order chi connectivity index (χ1) is 30.3. The van der Waals surface area contributed by atoms with Gasteiger partial charge in [-0.05, 0) is 91.1 Å². The number of rotatable bonds is 26. The molecule has 4 unspecified atom stereocenters. The molecule has 0 fully saturated rings. The van der Waals surface area contributed by atoms with Crippen molar-refractivity contribution < 1.29 is 68.6 Å². The van der Waals surface area contributed by atoms with Gasteiger partial charge < -0.3 is 59.1 Å². The van der Waals surface area contributed by atoms with Gasteiger partial charge in [0.15, 0.2) is 0 Å². The van der Waals surface area contributed by atoms with Gasteiger partial charge in [-0.15, -0.1) is 0 Å². The molecule has 0 aliphatic carbocycles. The van der Waals surface area contributed by atoms with Crippen LogP contribution in [0.1, 0.15) is 77.1 Å². The van der Waals surface area contributed by atoms with Gasteiger partial charge in [0, 0.05) is 10.8 Å². The van der Waals surface area contributed by atoms with E-state index in [-0.39, 0.29) is 57.1 Å². The van der Waals surface area contributed by atoms with Crippen LogP contribution < -0.4 is 18.9 Å². The van der Waals surface area contributed by atoms with Gasteiger partial charge in [0.05, 0.1) is 25.2 Å². The summed E-state index contributed by atoms with van der Waals surface area (Å²) in [7, 11) is 0. The summed E-state index contributed by atoms with van der Waals surface area (Å²) >= 11 is 0. The second-order valence-electron chi connectivity index (χ2n) is 17.7. The zero-order valence-electron chi connectivity index (χ0n) is 38.0. The van der Waals surface area contributed by atoms with Crippen LogP contribution in [0.15, 0.2) is 97.1 Å². The standard InChI is InChI=1S/C50H66O14/c1-8-49(6,31-51)45(57)63-29-39(55)27-61-43-21-13-36(14-22-43)47(2,3)34-9-17-41(18-10-34)59-25-38(54)26-60-42-19-11-35(12-20-42)48(4,5)37-15-23-44(24-16-37)62-28-40(56)30-64-46(58)50(7,32-52)33-53/h9-24,38-40,51-56H,8,25-33H2,1-7H3. The Labute approximate surface area is 376 Å². The average molecular weight is 891 g/mol. The Bertz CT molecular complexity index is 1870. The Morgan fingerprint density at radius 2 is 0.656 bits per heavy atom. The van der Waals surface area contributed by atoms with Crippen LogP contribution in [0, 0.1) is 10.8 Å². The molecule has 0 radical (unpaired) electrons.